The molecule has 0 aromatic carbocycles. The monoisotopic (exact) mass is 324 g/mol. The lowest BCUT2D eigenvalue weighted by molar-refractivity contribution is 0.0257. The van der Waals surface area contributed by atoms with Gasteiger partial charge in [0.2, 0.25) is 0 Å². The summed E-state index contributed by atoms with van der Waals surface area (Å²) in [5.74, 6) is 0. The standard InChI is InChI=1S/C17H28N2O2S/c1-17(2,3)21-16(20)19-11-6-10-18(12-13-19)9-4-7-15-8-5-14-22-15/h5,8,14H,4,6-7,9-13H2,1-3H3. The molecule has 5 heteroatoms. The summed E-state index contributed by atoms with van der Waals surface area (Å²) < 4.78 is 5.47. The predicted molar refractivity (Wildman–Crippen MR) is 91.5 cm³/mol. The number of ether oxygens (including phenoxy) is 1. The first-order valence-corrected chi connectivity index (χ1v) is 9.05. The van der Waals surface area contributed by atoms with Gasteiger partial charge in [-0.25, -0.2) is 4.79 Å². The Morgan fingerprint density at radius 1 is 1.27 bits per heavy atom. The fraction of sp³-hybridized carbons (Fsp3) is 0.706. The van der Waals surface area contributed by atoms with Crippen LogP contribution in [0.25, 0.3) is 0 Å². The number of amides is 1. The van der Waals surface area contributed by atoms with Gasteiger partial charge in [-0.3, -0.25) is 0 Å². The van der Waals surface area contributed by atoms with Crippen molar-refractivity contribution in [3.8, 4) is 0 Å². The molecule has 1 aromatic heterocycles. The molecular weight excluding hydrogens is 296 g/mol. The van der Waals surface area contributed by atoms with E-state index in [9.17, 15) is 4.79 Å². The van der Waals surface area contributed by atoms with Crippen molar-refractivity contribution >= 4 is 17.4 Å². The fourth-order valence-corrected chi connectivity index (χ4v) is 3.39. The zero-order chi connectivity index (χ0) is 16.0. The van der Waals surface area contributed by atoms with Gasteiger partial charge in [-0.15, -0.1) is 11.3 Å². The molecule has 0 spiro atoms. The van der Waals surface area contributed by atoms with E-state index < -0.39 is 5.60 Å². The van der Waals surface area contributed by atoms with Crippen LogP contribution in [0.3, 0.4) is 0 Å². The third kappa shape index (κ3) is 5.97. The van der Waals surface area contributed by atoms with Crippen molar-refractivity contribution in [2.75, 3.05) is 32.7 Å². The van der Waals surface area contributed by atoms with Crippen LogP contribution in [0.15, 0.2) is 17.5 Å². The lowest BCUT2D eigenvalue weighted by atomic mass is 10.2. The molecule has 1 fully saturated rings. The van der Waals surface area contributed by atoms with Crippen LogP contribution < -0.4 is 0 Å². The maximum Gasteiger partial charge on any atom is 0.410 e. The van der Waals surface area contributed by atoms with Gasteiger partial charge in [0.25, 0.3) is 0 Å². The van der Waals surface area contributed by atoms with Gasteiger partial charge >= 0.3 is 6.09 Å². The Bertz CT molecular complexity index is 454. The molecule has 2 rings (SSSR count). The van der Waals surface area contributed by atoms with Gasteiger partial charge in [0.1, 0.15) is 5.60 Å². The van der Waals surface area contributed by atoms with Gasteiger partial charge in [0.05, 0.1) is 0 Å². The molecule has 1 saturated heterocycles. The summed E-state index contributed by atoms with van der Waals surface area (Å²) in [7, 11) is 0. The molecular formula is C17H28N2O2S. The average Bonchev–Trinajstić information content (AvgIpc) is 2.81. The maximum atomic E-state index is 12.1. The number of carbonyl (C=O) groups excluding carboxylic acids is 1. The fourth-order valence-electron chi connectivity index (χ4n) is 2.64. The van der Waals surface area contributed by atoms with Gasteiger partial charge in [-0.05, 0) is 64.6 Å². The van der Waals surface area contributed by atoms with Crippen molar-refractivity contribution in [1.82, 2.24) is 9.80 Å². The molecule has 22 heavy (non-hydrogen) atoms. The van der Waals surface area contributed by atoms with E-state index in [0.29, 0.717) is 0 Å². The molecule has 0 bridgehead atoms. The van der Waals surface area contributed by atoms with Crippen molar-refractivity contribution in [3.05, 3.63) is 22.4 Å². The summed E-state index contributed by atoms with van der Waals surface area (Å²) in [6, 6.07) is 4.32. The van der Waals surface area contributed by atoms with Gasteiger partial charge in [0, 0.05) is 24.5 Å². The van der Waals surface area contributed by atoms with Crippen LogP contribution in [-0.2, 0) is 11.2 Å². The highest BCUT2D eigenvalue weighted by Gasteiger charge is 2.24. The zero-order valence-electron chi connectivity index (χ0n) is 14.0. The van der Waals surface area contributed by atoms with Gasteiger partial charge < -0.3 is 14.5 Å². The van der Waals surface area contributed by atoms with Crippen LogP contribution in [0.1, 0.15) is 38.5 Å². The average molecular weight is 324 g/mol. The van der Waals surface area contributed by atoms with Crippen molar-refractivity contribution in [2.24, 2.45) is 0 Å². The van der Waals surface area contributed by atoms with Crippen LogP contribution in [0, 0.1) is 0 Å². The molecule has 2 heterocycles. The Kier molecular flexibility index (Phi) is 6.26. The molecule has 1 aliphatic rings. The molecule has 0 radical (unpaired) electrons. The van der Waals surface area contributed by atoms with Crippen molar-refractivity contribution in [1.29, 1.82) is 0 Å². The van der Waals surface area contributed by atoms with E-state index in [-0.39, 0.29) is 6.09 Å². The highest BCUT2D eigenvalue weighted by molar-refractivity contribution is 7.09. The summed E-state index contributed by atoms with van der Waals surface area (Å²) >= 11 is 1.84. The molecule has 124 valence electrons. The molecule has 0 aliphatic carbocycles. The van der Waals surface area contributed by atoms with Crippen molar-refractivity contribution in [2.45, 2.75) is 45.6 Å². The number of nitrogens with zero attached hydrogens (tertiary/aromatic N) is 2. The molecule has 0 N–H and O–H groups in total. The quantitative estimate of drug-likeness (QED) is 0.848. The number of carbonyl (C=O) groups is 1. The molecule has 4 nitrogen and oxygen atoms in total. The Labute approximate surface area is 138 Å². The Balaban J connectivity index is 1.71. The third-order valence-corrected chi connectivity index (χ3v) is 4.65. The van der Waals surface area contributed by atoms with Crippen molar-refractivity contribution < 1.29 is 9.53 Å². The number of aryl methyl sites for hydroxylation is 1. The summed E-state index contributed by atoms with van der Waals surface area (Å²) in [5, 5.41) is 2.14. The number of hydrogen-bond acceptors (Lipinski definition) is 4. The van der Waals surface area contributed by atoms with Crippen LogP contribution in [0.5, 0.6) is 0 Å². The number of thiophene rings is 1. The van der Waals surface area contributed by atoms with E-state index in [1.54, 1.807) is 0 Å². The second-order valence-corrected chi connectivity index (χ2v) is 7.88. The largest absolute Gasteiger partial charge is 0.444 e. The molecule has 1 aromatic rings. The minimum Gasteiger partial charge on any atom is -0.444 e. The van der Waals surface area contributed by atoms with Crippen LogP contribution >= 0.6 is 11.3 Å². The van der Waals surface area contributed by atoms with E-state index in [0.717, 1.165) is 45.6 Å². The van der Waals surface area contributed by atoms with E-state index >= 15 is 0 Å². The first-order valence-electron chi connectivity index (χ1n) is 8.17. The highest BCUT2D eigenvalue weighted by Crippen LogP contribution is 2.14. The second kappa shape index (κ2) is 7.97. The SMILES string of the molecule is CC(C)(C)OC(=O)N1CCCN(CCCc2cccs2)CC1. The summed E-state index contributed by atoms with van der Waals surface area (Å²) in [6.45, 7) is 10.5. The van der Waals surface area contributed by atoms with Crippen LogP contribution in [-0.4, -0.2) is 54.2 Å². The molecule has 1 amide bonds. The maximum absolute atomic E-state index is 12.1. The van der Waals surface area contributed by atoms with Gasteiger partial charge in [0.15, 0.2) is 0 Å². The predicted octanol–water partition coefficient (Wildman–Crippen LogP) is 3.62. The van der Waals surface area contributed by atoms with Gasteiger partial charge in [-0.1, -0.05) is 6.07 Å². The van der Waals surface area contributed by atoms with E-state index in [4.69, 9.17) is 4.74 Å². The summed E-state index contributed by atoms with van der Waals surface area (Å²) in [6.07, 6.45) is 3.20. The molecule has 0 unspecified atom stereocenters. The van der Waals surface area contributed by atoms with Crippen molar-refractivity contribution in [3.63, 3.8) is 0 Å². The lowest BCUT2D eigenvalue weighted by Crippen LogP contribution is -2.39. The Hall–Kier alpha value is -1.07. The third-order valence-electron chi connectivity index (χ3n) is 3.72. The summed E-state index contributed by atoms with van der Waals surface area (Å²) in [5.41, 5.74) is -0.413. The molecule has 0 saturated carbocycles. The first-order chi connectivity index (χ1) is 10.4. The van der Waals surface area contributed by atoms with Gasteiger partial charge in [-0.2, -0.15) is 0 Å². The zero-order valence-corrected chi connectivity index (χ0v) is 14.8. The molecule has 1 aliphatic heterocycles. The Morgan fingerprint density at radius 2 is 2.09 bits per heavy atom. The Morgan fingerprint density at radius 3 is 2.77 bits per heavy atom. The smallest absolute Gasteiger partial charge is 0.410 e. The minimum absolute atomic E-state index is 0.173. The normalized spacial score (nSPS) is 17.3. The van der Waals surface area contributed by atoms with E-state index in [1.807, 2.05) is 37.0 Å². The second-order valence-electron chi connectivity index (χ2n) is 6.85. The summed E-state index contributed by atoms with van der Waals surface area (Å²) in [4.78, 5) is 17.9. The minimum atomic E-state index is -0.413. The molecule has 0 atom stereocenters. The highest BCUT2D eigenvalue weighted by atomic mass is 32.1. The van der Waals surface area contributed by atoms with E-state index in [1.165, 1.54) is 11.3 Å². The van der Waals surface area contributed by atoms with E-state index in [2.05, 4.69) is 22.4 Å². The lowest BCUT2D eigenvalue weighted by Gasteiger charge is -2.26. The topological polar surface area (TPSA) is 32.8 Å². The van der Waals surface area contributed by atoms with Crippen LogP contribution in [0.4, 0.5) is 4.79 Å². The number of rotatable bonds is 4. The van der Waals surface area contributed by atoms with Crippen LogP contribution in [0.2, 0.25) is 0 Å². The number of hydrogen-bond donors (Lipinski definition) is 0. The first kappa shape index (κ1) is 17.3.